The number of hydrogen-bond donors (Lipinski definition) is 1. The number of rotatable bonds is 3. The summed E-state index contributed by atoms with van der Waals surface area (Å²) in [6.07, 6.45) is 0.874. The Morgan fingerprint density at radius 3 is 2.52 bits per heavy atom. The summed E-state index contributed by atoms with van der Waals surface area (Å²) in [5, 5.41) is 3.29. The molecule has 2 aromatic carbocycles. The lowest BCUT2D eigenvalue weighted by Gasteiger charge is -2.18. The van der Waals surface area contributed by atoms with Crippen molar-refractivity contribution in [2.24, 2.45) is 0 Å². The minimum Gasteiger partial charge on any atom is -0.324 e. The van der Waals surface area contributed by atoms with Crippen LogP contribution in [0.25, 0.3) is 0 Å². The lowest BCUT2D eigenvalue weighted by atomic mass is 10.1. The normalized spacial score (nSPS) is 12.8. The van der Waals surface area contributed by atoms with Gasteiger partial charge in [0.05, 0.1) is 0 Å². The molecule has 1 aliphatic heterocycles. The number of hydrogen-bond acceptors (Lipinski definition) is 4. The van der Waals surface area contributed by atoms with Gasteiger partial charge in [0, 0.05) is 23.6 Å². The average Bonchev–Trinajstić information content (AvgIpc) is 3.08. The Hall–Kier alpha value is -3.21. The molecular formula is C22H22N4O. The van der Waals surface area contributed by atoms with Crippen molar-refractivity contribution < 1.29 is 4.79 Å². The zero-order valence-corrected chi connectivity index (χ0v) is 15.8. The molecule has 4 rings (SSSR count). The zero-order chi connectivity index (χ0) is 19.0. The monoisotopic (exact) mass is 358 g/mol. The van der Waals surface area contributed by atoms with Gasteiger partial charge in [-0.05, 0) is 56.0 Å². The molecule has 27 heavy (non-hydrogen) atoms. The van der Waals surface area contributed by atoms with Crippen LogP contribution < -0.4 is 10.2 Å². The van der Waals surface area contributed by atoms with Crippen LogP contribution in [-0.4, -0.2) is 22.4 Å². The van der Waals surface area contributed by atoms with Crippen molar-refractivity contribution in [3.05, 3.63) is 76.6 Å². The van der Waals surface area contributed by atoms with Crippen LogP contribution in [0.1, 0.15) is 32.9 Å². The summed E-state index contributed by atoms with van der Waals surface area (Å²) in [5.41, 5.74) is 6.55. The number of carbonyl (C=O) groups is 1. The van der Waals surface area contributed by atoms with Crippen LogP contribution in [0.15, 0.2) is 48.5 Å². The average molecular weight is 358 g/mol. The highest BCUT2D eigenvalue weighted by Gasteiger charge is 2.26. The molecule has 5 nitrogen and oxygen atoms in total. The molecule has 0 aliphatic carbocycles. The molecule has 0 saturated heterocycles. The third kappa shape index (κ3) is 3.28. The number of nitrogens with zero attached hydrogens (tertiary/aromatic N) is 3. The van der Waals surface area contributed by atoms with E-state index < -0.39 is 0 Å². The molecule has 1 aliphatic rings. The van der Waals surface area contributed by atoms with Crippen molar-refractivity contribution in [1.29, 1.82) is 0 Å². The Morgan fingerprint density at radius 2 is 1.74 bits per heavy atom. The molecule has 3 aromatic rings. The Balaban J connectivity index is 1.66. The largest absolute Gasteiger partial charge is 0.324 e. The van der Waals surface area contributed by atoms with E-state index in [2.05, 4.69) is 21.4 Å². The second-order valence-electron chi connectivity index (χ2n) is 6.95. The van der Waals surface area contributed by atoms with Gasteiger partial charge in [-0.1, -0.05) is 36.4 Å². The number of fused-ring (bicyclic) bond motifs is 1. The summed E-state index contributed by atoms with van der Waals surface area (Å²) in [7, 11) is 0. The first kappa shape index (κ1) is 17.2. The van der Waals surface area contributed by atoms with Gasteiger partial charge in [-0.25, -0.2) is 9.97 Å². The molecule has 1 amide bonds. The first-order chi connectivity index (χ1) is 13.0. The Morgan fingerprint density at radius 1 is 1.00 bits per heavy atom. The van der Waals surface area contributed by atoms with Crippen LogP contribution in [0.4, 0.5) is 17.3 Å². The third-order valence-electron chi connectivity index (χ3n) is 4.92. The number of anilines is 3. The van der Waals surface area contributed by atoms with E-state index in [-0.39, 0.29) is 5.91 Å². The van der Waals surface area contributed by atoms with Crippen molar-refractivity contribution in [1.82, 2.24) is 9.97 Å². The number of nitrogens with one attached hydrogen (secondary N) is 1. The molecule has 0 saturated carbocycles. The van der Waals surface area contributed by atoms with Crippen LogP contribution in [-0.2, 0) is 6.42 Å². The van der Waals surface area contributed by atoms with Crippen molar-refractivity contribution in [2.75, 3.05) is 16.8 Å². The summed E-state index contributed by atoms with van der Waals surface area (Å²) >= 11 is 0. The summed E-state index contributed by atoms with van der Waals surface area (Å²) in [6.45, 7) is 6.64. The van der Waals surface area contributed by atoms with E-state index in [9.17, 15) is 4.79 Å². The van der Waals surface area contributed by atoms with Gasteiger partial charge in [-0.15, -0.1) is 0 Å². The van der Waals surface area contributed by atoms with E-state index in [0.717, 1.165) is 34.6 Å². The highest BCUT2D eigenvalue weighted by atomic mass is 16.2. The highest BCUT2D eigenvalue weighted by molar-refractivity contribution is 6.06. The Labute approximate surface area is 159 Å². The smallest absolute Gasteiger partial charge is 0.277 e. The van der Waals surface area contributed by atoms with Crippen LogP contribution in [0.2, 0.25) is 0 Å². The Kier molecular flexibility index (Phi) is 4.36. The predicted molar refractivity (Wildman–Crippen MR) is 108 cm³/mol. The molecule has 136 valence electrons. The van der Waals surface area contributed by atoms with Crippen LogP contribution in [0.5, 0.6) is 0 Å². The topological polar surface area (TPSA) is 58.1 Å². The molecule has 0 atom stereocenters. The summed E-state index contributed by atoms with van der Waals surface area (Å²) in [4.78, 5) is 23.9. The van der Waals surface area contributed by atoms with Gasteiger partial charge in [-0.2, -0.15) is 0 Å². The van der Waals surface area contributed by atoms with Crippen molar-refractivity contribution in [3.8, 4) is 0 Å². The van der Waals surface area contributed by atoms with Crippen LogP contribution >= 0.6 is 0 Å². The second-order valence-corrected chi connectivity index (χ2v) is 6.95. The quantitative estimate of drug-likeness (QED) is 0.756. The zero-order valence-electron chi connectivity index (χ0n) is 15.8. The molecule has 1 aromatic heterocycles. The van der Waals surface area contributed by atoms with E-state index in [4.69, 9.17) is 0 Å². The molecule has 5 heteroatoms. The van der Waals surface area contributed by atoms with Gasteiger partial charge in [-0.3, -0.25) is 4.79 Å². The number of amides is 1. The van der Waals surface area contributed by atoms with Crippen molar-refractivity contribution >= 4 is 23.2 Å². The van der Waals surface area contributed by atoms with Crippen LogP contribution in [0, 0.1) is 20.8 Å². The van der Waals surface area contributed by atoms with Crippen LogP contribution in [0.3, 0.4) is 0 Å². The van der Waals surface area contributed by atoms with Gasteiger partial charge in [0.1, 0.15) is 5.69 Å². The molecule has 1 N–H and O–H groups in total. The van der Waals surface area contributed by atoms with E-state index in [0.29, 0.717) is 18.2 Å². The third-order valence-corrected chi connectivity index (χ3v) is 4.92. The number of carbonyl (C=O) groups excluding carboxylic acids is 1. The number of para-hydroxylation sites is 2. The highest BCUT2D eigenvalue weighted by Crippen LogP contribution is 2.29. The first-order valence-electron chi connectivity index (χ1n) is 9.11. The SMILES string of the molecule is Cc1cc(C(=O)N2CCc3ccccc32)nc(Nc2c(C)cccc2C)n1. The van der Waals surface area contributed by atoms with Gasteiger partial charge < -0.3 is 10.2 Å². The van der Waals surface area contributed by atoms with Gasteiger partial charge in [0.15, 0.2) is 0 Å². The van der Waals surface area contributed by atoms with E-state index in [1.807, 2.05) is 57.2 Å². The molecule has 2 heterocycles. The number of aryl methyl sites for hydroxylation is 3. The Bertz CT molecular complexity index is 1010. The maximum absolute atomic E-state index is 13.1. The van der Waals surface area contributed by atoms with Gasteiger partial charge in [0.25, 0.3) is 5.91 Å². The summed E-state index contributed by atoms with van der Waals surface area (Å²) in [5.74, 6) is 0.359. The van der Waals surface area contributed by atoms with E-state index in [1.165, 1.54) is 5.56 Å². The maximum atomic E-state index is 13.1. The van der Waals surface area contributed by atoms with Gasteiger partial charge >= 0.3 is 0 Å². The van der Waals surface area contributed by atoms with E-state index in [1.54, 1.807) is 11.0 Å². The van der Waals surface area contributed by atoms with E-state index >= 15 is 0 Å². The number of aromatic nitrogens is 2. The lowest BCUT2D eigenvalue weighted by molar-refractivity contribution is 0.0984. The number of benzene rings is 2. The molecule has 0 fully saturated rings. The molecule has 0 unspecified atom stereocenters. The molecule has 0 spiro atoms. The predicted octanol–water partition coefficient (Wildman–Crippen LogP) is 4.35. The minimum absolute atomic E-state index is 0.0880. The fourth-order valence-corrected chi connectivity index (χ4v) is 3.54. The summed E-state index contributed by atoms with van der Waals surface area (Å²) in [6, 6.07) is 15.9. The first-order valence-corrected chi connectivity index (χ1v) is 9.11. The standard InChI is InChI=1S/C22H22N4O/c1-14-7-6-8-15(2)20(14)25-22-23-16(3)13-18(24-22)21(27)26-12-11-17-9-4-5-10-19(17)26/h4-10,13H,11-12H2,1-3H3,(H,23,24,25). The fourth-order valence-electron chi connectivity index (χ4n) is 3.54. The van der Waals surface area contributed by atoms with Crippen molar-refractivity contribution in [2.45, 2.75) is 27.2 Å². The van der Waals surface area contributed by atoms with Gasteiger partial charge in [0.2, 0.25) is 5.95 Å². The van der Waals surface area contributed by atoms with Crippen molar-refractivity contribution in [3.63, 3.8) is 0 Å². The minimum atomic E-state index is -0.0880. The second kappa shape index (κ2) is 6.83. The lowest BCUT2D eigenvalue weighted by Crippen LogP contribution is -2.30. The fraction of sp³-hybridized carbons (Fsp3) is 0.227. The molecular weight excluding hydrogens is 336 g/mol. The maximum Gasteiger partial charge on any atom is 0.277 e. The summed E-state index contributed by atoms with van der Waals surface area (Å²) < 4.78 is 0. The molecule has 0 radical (unpaired) electrons. The molecule has 0 bridgehead atoms.